The van der Waals surface area contributed by atoms with E-state index in [0.717, 1.165) is 37.4 Å². The Morgan fingerprint density at radius 1 is 1.24 bits per heavy atom. The molecule has 1 aliphatic rings. The van der Waals surface area contributed by atoms with Crippen LogP contribution in [0.25, 0.3) is 0 Å². The third-order valence-electron chi connectivity index (χ3n) is 4.31. The van der Waals surface area contributed by atoms with Crippen molar-refractivity contribution >= 4 is 17.5 Å². The van der Waals surface area contributed by atoms with Gasteiger partial charge in [0.1, 0.15) is 11.6 Å². The van der Waals surface area contributed by atoms with Crippen molar-refractivity contribution in [2.75, 3.05) is 39.0 Å². The number of nitrogens with one attached hydrogen (secondary N) is 1. The number of hydrogen-bond acceptors (Lipinski definition) is 6. The number of aromatic nitrogens is 3. The molecule has 2 aromatic heterocycles. The number of piperidine rings is 1. The lowest BCUT2D eigenvalue weighted by Crippen LogP contribution is -2.42. The van der Waals surface area contributed by atoms with Gasteiger partial charge >= 0.3 is 0 Å². The van der Waals surface area contributed by atoms with Gasteiger partial charge in [0.15, 0.2) is 0 Å². The van der Waals surface area contributed by atoms with E-state index in [1.54, 1.807) is 18.6 Å². The smallest absolute Gasteiger partial charge is 0.236 e. The fraction of sp³-hybridized carbons (Fsp3) is 0.444. The van der Waals surface area contributed by atoms with Crippen molar-refractivity contribution in [3.05, 3.63) is 42.5 Å². The number of rotatable bonds is 5. The van der Waals surface area contributed by atoms with Gasteiger partial charge in [-0.05, 0) is 39.1 Å². The Kier molecular flexibility index (Phi) is 5.55. The van der Waals surface area contributed by atoms with Gasteiger partial charge in [-0.25, -0.2) is 9.97 Å². The van der Waals surface area contributed by atoms with E-state index in [1.807, 2.05) is 36.0 Å². The summed E-state index contributed by atoms with van der Waals surface area (Å²) in [6, 6.07) is 5.99. The molecule has 0 radical (unpaired) electrons. The lowest BCUT2D eigenvalue weighted by Gasteiger charge is -2.32. The molecule has 0 bridgehead atoms. The Hall–Kier alpha value is -2.54. The lowest BCUT2D eigenvalue weighted by atomic mass is 9.93. The Morgan fingerprint density at radius 3 is 2.72 bits per heavy atom. The molecule has 1 saturated heterocycles. The summed E-state index contributed by atoms with van der Waals surface area (Å²) in [4.78, 5) is 29.0. The first-order valence-corrected chi connectivity index (χ1v) is 8.54. The molecule has 0 unspecified atom stereocenters. The van der Waals surface area contributed by atoms with Crippen LogP contribution in [0.4, 0.5) is 11.6 Å². The number of anilines is 2. The second-order valence-electron chi connectivity index (χ2n) is 6.56. The predicted octanol–water partition coefficient (Wildman–Crippen LogP) is 1.88. The molecule has 7 heteroatoms. The summed E-state index contributed by atoms with van der Waals surface area (Å²) in [5.41, 5.74) is 1.06. The van der Waals surface area contributed by atoms with Crippen LogP contribution < -0.4 is 5.32 Å². The van der Waals surface area contributed by atoms with Gasteiger partial charge in [-0.15, -0.1) is 0 Å². The molecule has 0 saturated carbocycles. The van der Waals surface area contributed by atoms with E-state index in [0.29, 0.717) is 18.3 Å². The van der Waals surface area contributed by atoms with Crippen LogP contribution in [0, 0.1) is 0 Å². The highest BCUT2D eigenvalue weighted by Crippen LogP contribution is 2.27. The topological polar surface area (TPSA) is 74.2 Å². The second-order valence-corrected chi connectivity index (χ2v) is 6.56. The maximum Gasteiger partial charge on any atom is 0.236 e. The Bertz CT molecular complexity index is 698. The predicted molar refractivity (Wildman–Crippen MR) is 96.7 cm³/mol. The van der Waals surface area contributed by atoms with Crippen molar-refractivity contribution in [1.29, 1.82) is 0 Å². The summed E-state index contributed by atoms with van der Waals surface area (Å²) in [5.74, 6) is 2.03. The summed E-state index contributed by atoms with van der Waals surface area (Å²) >= 11 is 0. The maximum absolute atomic E-state index is 12.2. The molecule has 3 rings (SSSR count). The lowest BCUT2D eigenvalue weighted by molar-refractivity contribution is -0.132. The van der Waals surface area contributed by atoms with Gasteiger partial charge in [-0.2, -0.15) is 0 Å². The standard InChI is InChI=1S/C18H24N6O/c1-23(2)13-18(25)24-10-6-14(7-11-24)15-4-3-5-16(21-15)22-17-12-19-8-9-20-17/h3-5,8-9,12,14H,6-7,10-11,13H2,1-2H3,(H,20,21,22). The van der Waals surface area contributed by atoms with Gasteiger partial charge in [-0.1, -0.05) is 6.07 Å². The van der Waals surface area contributed by atoms with Gasteiger partial charge < -0.3 is 15.1 Å². The van der Waals surface area contributed by atoms with Crippen molar-refractivity contribution < 1.29 is 4.79 Å². The van der Waals surface area contributed by atoms with E-state index in [2.05, 4.69) is 21.4 Å². The summed E-state index contributed by atoms with van der Waals surface area (Å²) in [6.45, 7) is 2.06. The molecular formula is C18H24N6O. The minimum atomic E-state index is 0.203. The van der Waals surface area contributed by atoms with Crippen molar-refractivity contribution in [1.82, 2.24) is 24.8 Å². The van der Waals surface area contributed by atoms with Crippen LogP contribution in [0.1, 0.15) is 24.5 Å². The molecule has 2 aromatic rings. The number of hydrogen-bond donors (Lipinski definition) is 1. The normalized spacial score (nSPS) is 15.4. The average molecular weight is 340 g/mol. The third-order valence-corrected chi connectivity index (χ3v) is 4.31. The Labute approximate surface area is 148 Å². The van der Waals surface area contributed by atoms with Gasteiger partial charge in [0, 0.05) is 37.1 Å². The van der Waals surface area contributed by atoms with E-state index in [4.69, 9.17) is 4.98 Å². The number of likely N-dealkylation sites (N-methyl/N-ethyl adjacent to an activating group) is 1. The first-order valence-electron chi connectivity index (χ1n) is 8.54. The molecule has 3 heterocycles. The Balaban J connectivity index is 1.60. The third kappa shape index (κ3) is 4.73. The molecule has 132 valence electrons. The number of nitrogens with zero attached hydrogens (tertiary/aromatic N) is 5. The number of carbonyl (C=O) groups is 1. The van der Waals surface area contributed by atoms with Crippen molar-refractivity contribution in [2.24, 2.45) is 0 Å². The molecular weight excluding hydrogens is 316 g/mol. The van der Waals surface area contributed by atoms with Gasteiger partial charge in [0.25, 0.3) is 0 Å². The second kappa shape index (κ2) is 8.02. The molecule has 25 heavy (non-hydrogen) atoms. The quantitative estimate of drug-likeness (QED) is 0.896. The fourth-order valence-electron chi connectivity index (χ4n) is 3.04. The largest absolute Gasteiger partial charge is 0.342 e. The molecule has 1 N–H and O–H groups in total. The van der Waals surface area contributed by atoms with Crippen molar-refractivity contribution in [2.45, 2.75) is 18.8 Å². The first-order chi connectivity index (χ1) is 12.1. The Morgan fingerprint density at radius 2 is 2.04 bits per heavy atom. The molecule has 0 spiro atoms. The zero-order valence-electron chi connectivity index (χ0n) is 14.7. The summed E-state index contributed by atoms with van der Waals surface area (Å²) in [5, 5.41) is 3.18. The molecule has 7 nitrogen and oxygen atoms in total. The van der Waals surface area contributed by atoms with E-state index in [1.165, 1.54) is 0 Å². The minimum absolute atomic E-state index is 0.203. The summed E-state index contributed by atoms with van der Waals surface area (Å²) < 4.78 is 0. The average Bonchev–Trinajstić information content (AvgIpc) is 2.62. The number of amides is 1. The summed E-state index contributed by atoms with van der Waals surface area (Å²) in [6.07, 6.45) is 6.85. The van der Waals surface area contributed by atoms with Gasteiger partial charge in [0.05, 0.1) is 12.7 Å². The van der Waals surface area contributed by atoms with Gasteiger partial charge in [-0.3, -0.25) is 9.78 Å². The monoisotopic (exact) mass is 340 g/mol. The highest BCUT2D eigenvalue weighted by Gasteiger charge is 2.24. The molecule has 1 amide bonds. The first kappa shape index (κ1) is 17.3. The van der Waals surface area contributed by atoms with E-state index >= 15 is 0 Å². The van der Waals surface area contributed by atoms with Gasteiger partial charge in [0.2, 0.25) is 5.91 Å². The van der Waals surface area contributed by atoms with E-state index in [-0.39, 0.29) is 5.91 Å². The van der Waals surface area contributed by atoms with Crippen molar-refractivity contribution in [3.63, 3.8) is 0 Å². The number of likely N-dealkylation sites (tertiary alicyclic amines) is 1. The van der Waals surface area contributed by atoms with Crippen LogP contribution in [0.15, 0.2) is 36.8 Å². The zero-order chi connectivity index (χ0) is 17.6. The molecule has 0 atom stereocenters. The van der Waals surface area contributed by atoms with Crippen LogP contribution in [-0.2, 0) is 4.79 Å². The van der Waals surface area contributed by atoms with Crippen LogP contribution in [-0.4, -0.2) is 64.4 Å². The minimum Gasteiger partial charge on any atom is -0.342 e. The van der Waals surface area contributed by atoms with E-state index in [9.17, 15) is 4.79 Å². The van der Waals surface area contributed by atoms with E-state index < -0.39 is 0 Å². The fourth-order valence-corrected chi connectivity index (χ4v) is 3.04. The van der Waals surface area contributed by atoms with Crippen LogP contribution in [0.2, 0.25) is 0 Å². The molecule has 0 aromatic carbocycles. The molecule has 0 aliphatic carbocycles. The molecule has 1 fully saturated rings. The SMILES string of the molecule is CN(C)CC(=O)N1CCC(c2cccc(Nc3cnccn3)n2)CC1. The van der Waals surface area contributed by atoms with Crippen molar-refractivity contribution in [3.8, 4) is 0 Å². The molecule has 1 aliphatic heterocycles. The number of pyridine rings is 1. The summed E-state index contributed by atoms with van der Waals surface area (Å²) in [7, 11) is 3.84. The van der Waals surface area contributed by atoms with Crippen LogP contribution >= 0.6 is 0 Å². The zero-order valence-corrected chi connectivity index (χ0v) is 14.7. The number of carbonyl (C=O) groups excluding carboxylic acids is 1. The highest BCUT2D eigenvalue weighted by atomic mass is 16.2. The van der Waals surface area contributed by atoms with Crippen LogP contribution in [0.5, 0.6) is 0 Å². The maximum atomic E-state index is 12.2. The van der Waals surface area contributed by atoms with Crippen LogP contribution in [0.3, 0.4) is 0 Å². The highest BCUT2D eigenvalue weighted by molar-refractivity contribution is 5.78.